The average Bonchev–Trinajstić information content (AvgIpc) is 2.72. The van der Waals surface area contributed by atoms with Gasteiger partial charge in [-0.2, -0.15) is 0 Å². The highest BCUT2D eigenvalue weighted by Crippen LogP contribution is 2.40. The maximum Gasteiger partial charge on any atom is 0.0762 e. The maximum atomic E-state index is 5.63. The Morgan fingerprint density at radius 2 is 2.46 bits per heavy atom. The molecule has 1 aliphatic heterocycles. The highest BCUT2D eigenvalue weighted by atomic mass is 79.9. The number of ether oxygens (including phenoxy) is 1. The third-order valence-corrected chi connectivity index (χ3v) is 5.49. The first-order valence-electron chi connectivity index (χ1n) is 4.27. The van der Waals surface area contributed by atoms with Gasteiger partial charge in [-0.15, -0.1) is 11.3 Å². The van der Waals surface area contributed by atoms with Gasteiger partial charge in [0.25, 0.3) is 0 Å². The molecule has 4 heteroatoms. The van der Waals surface area contributed by atoms with Crippen LogP contribution in [0.1, 0.15) is 22.5 Å². The second-order valence-electron chi connectivity index (χ2n) is 3.09. The molecule has 2 heterocycles. The summed E-state index contributed by atoms with van der Waals surface area (Å²) in [6, 6.07) is 2.09. The summed E-state index contributed by atoms with van der Waals surface area (Å²) in [5.74, 6) is 0. The first-order valence-corrected chi connectivity index (χ1v) is 6.86. The molecule has 0 N–H and O–H groups in total. The van der Waals surface area contributed by atoms with Crippen molar-refractivity contribution in [3.8, 4) is 0 Å². The van der Waals surface area contributed by atoms with E-state index < -0.39 is 0 Å². The summed E-state index contributed by atoms with van der Waals surface area (Å²) < 4.78 is 6.82. The summed E-state index contributed by atoms with van der Waals surface area (Å²) in [4.78, 5) is 1.69. The van der Waals surface area contributed by atoms with Crippen LogP contribution < -0.4 is 0 Å². The predicted molar refractivity (Wildman–Crippen MR) is 62.7 cm³/mol. The van der Waals surface area contributed by atoms with Gasteiger partial charge in [-0.1, -0.05) is 15.9 Å². The molecule has 0 bridgehead atoms. The quantitative estimate of drug-likeness (QED) is 0.743. The van der Waals surface area contributed by atoms with E-state index in [0.29, 0.717) is 10.9 Å². The molecule has 0 saturated carbocycles. The first-order chi connectivity index (χ1) is 6.29. The molecule has 1 aromatic rings. The fourth-order valence-corrected chi connectivity index (χ4v) is 4.45. The zero-order valence-electron chi connectivity index (χ0n) is 7.00. The molecule has 72 valence electrons. The summed E-state index contributed by atoms with van der Waals surface area (Å²) in [6.07, 6.45) is 2.71. The lowest BCUT2D eigenvalue weighted by Gasteiger charge is -2.15. The van der Waals surface area contributed by atoms with Crippen LogP contribution in [0, 0.1) is 0 Å². The highest BCUT2D eigenvalue weighted by Gasteiger charge is 2.27. The third-order valence-electron chi connectivity index (χ3n) is 2.19. The van der Waals surface area contributed by atoms with Crippen LogP contribution in [0.2, 0.25) is 0 Å². The molecule has 2 atom stereocenters. The van der Waals surface area contributed by atoms with Crippen LogP contribution in [0.25, 0.3) is 0 Å². The van der Waals surface area contributed by atoms with E-state index in [0.717, 1.165) is 6.61 Å². The Bertz CT molecular complexity index is 281. The Kier molecular flexibility index (Phi) is 3.46. The first kappa shape index (κ1) is 10.1. The SMILES string of the molecule is Brc1ccsc1C(Br)C1CCCO1. The molecule has 0 aliphatic carbocycles. The van der Waals surface area contributed by atoms with Crippen molar-refractivity contribution in [1.82, 2.24) is 0 Å². The summed E-state index contributed by atoms with van der Waals surface area (Å²) in [5, 5.41) is 2.10. The molecule has 2 unspecified atom stereocenters. The zero-order valence-corrected chi connectivity index (χ0v) is 11.0. The molecule has 0 radical (unpaired) electrons. The van der Waals surface area contributed by atoms with Gasteiger partial charge in [-0.3, -0.25) is 0 Å². The van der Waals surface area contributed by atoms with Gasteiger partial charge in [0.2, 0.25) is 0 Å². The largest absolute Gasteiger partial charge is 0.377 e. The Morgan fingerprint density at radius 3 is 3.00 bits per heavy atom. The molecule has 0 amide bonds. The fraction of sp³-hybridized carbons (Fsp3) is 0.556. The van der Waals surface area contributed by atoms with Crippen LogP contribution in [0.4, 0.5) is 0 Å². The molecule has 0 aromatic carbocycles. The maximum absolute atomic E-state index is 5.63. The topological polar surface area (TPSA) is 9.23 Å². The number of thiophene rings is 1. The second kappa shape index (κ2) is 4.43. The van der Waals surface area contributed by atoms with Gasteiger partial charge in [0.15, 0.2) is 0 Å². The number of hydrogen-bond acceptors (Lipinski definition) is 2. The Balaban J connectivity index is 2.12. The van der Waals surface area contributed by atoms with E-state index in [2.05, 4.69) is 43.3 Å². The summed E-state index contributed by atoms with van der Waals surface area (Å²) in [5.41, 5.74) is 0. The van der Waals surface area contributed by atoms with E-state index in [1.165, 1.54) is 22.2 Å². The van der Waals surface area contributed by atoms with Crippen LogP contribution in [0.15, 0.2) is 15.9 Å². The number of rotatable bonds is 2. The summed E-state index contributed by atoms with van der Waals surface area (Å²) in [7, 11) is 0. The highest BCUT2D eigenvalue weighted by molar-refractivity contribution is 9.11. The Hall–Kier alpha value is 0.620. The van der Waals surface area contributed by atoms with E-state index in [-0.39, 0.29) is 0 Å². The number of alkyl halides is 1. The fourth-order valence-electron chi connectivity index (χ4n) is 1.50. The van der Waals surface area contributed by atoms with Crippen LogP contribution in [0.5, 0.6) is 0 Å². The molecule has 1 saturated heterocycles. The molecular formula is C9H10Br2OS. The summed E-state index contributed by atoms with van der Waals surface area (Å²) in [6.45, 7) is 0.912. The molecule has 1 aliphatic rings. The van der Waals surface area contributed by atoms with Crippen molar-refractivity contribution in [1.29, 1.82) is 0 Å². The second-order valence-corrected chi connectivity index (χ2v) is 5.87. The van der Waals surface area contributed by atoms with Crippen LogP contribution in [0.3, 0.4) is 0 Å². The lowest BCUT2D eigenvalue weighted by Crippen LogP contribution is -2.11. The van der Waals surface area contributed by atoms with E-state index in [4.69, 9.17) is 4.74 Å². The van der Waals surface area contributed by atoms with Crippen LogP contribution in [-0.2, 0) is 4.74 Å². The van der Waals surface area contributed by atoms with Gasteiger partial charge in [-0.25, -0.2) is 0 Å². The van der Waals surface area contributed by atoms with Crippen molar-refractivity contribution in [2.24, 2.45) is 0 Å². The van der Waals surface area contributed by atoms with Gasteiger partial charge in [-0.05, 0) is 40.2 Å². The van der Waals surface area contributed by atoms with Crippen molar-refractivity contribution in [2.75, 3.05) is 6.61 Å². The molecule has 1 nitrogen and oxygen atoms in total. The van der Waals surface area contributed by atoms with E-state index in [9.17, 15) is 0 Å². The van der Waals surface area contributed by atoms with Crippen LogP contribution >= 0.6 is 43.2 Å². The Morgan fingerprint density at radius 1 is 1.62 bits per heavy atom. The molecule has 1 fully saturated rings. The van der Waals surface area contributed by atoms with Gasteiger partial charge in [0.1, 0.15) is 0 Å². The Labute approximate surface area is 98.7 Å². The minimum atomic E-state index is 0.351. The van der Waals surface area contributed by atoms with Crippen molar-refractivity contribution in [3.05, 3.63) is 20.8 Å². The van der Waals surface area contributed by atoms with Gasteiger partial charge < -0.3 is 4.74 Å². The van der Waals surface area contributed by atoms with E-state index >= 15 is 0 Å². The standard InChI is InChI=1S/C9H10Br2OS/c10-6-3-5-13-9(6)8(11)7-2-1-4-12-7/h3,5,7-8H,1-2,4H2. The number of hydrogen-bond donors (Lipinski definition) is 0. The van der Waals surface area contributed by atoms with Crippen molar-refractivity contribution < 1.29 is 4.74 Å². The minimum Gasteiger partial charge on any atom is -0.377 e. The lowest BCUT2D eigenvalue weighted by atomic mass is 10.1. The normalized spacial score (nSPS) is 24.9. The third kappa shape index (κ3) is 2.17. The predicted octanol–water partition coefficient (Wildman–Crippen LogP) is 4.13. The minimum absolute atomic E-state index is 0.351. The van der Waals surface area contributed by atoms with Crippen molar-refractivity contribution >= 4 is 43.2 Å². The van der Waals surface area contributed by atoms with Crippen molar-refractivity contribution in [2.45, 2.75) is 23.8 Å². The molecule has 1 aromatic heterocycles. The molecule has 2 rings (SSSR count). The van der Waals surface area contributed by atoms with Gasteiger partial charge in [0, 0.05) is 16.0 Å². The van der Waals surface area contributed by atoms with E-state index in [1.54, 1.807) is 11.3 Å². The average molecular weight is 326 g/mol. The lowest BCUT2D eigenvalue weighted by molar-refractivity contribution is 0.111. The van der Waals surface area contributed by atoms with Crippen molar-refractivity contribution in [3.63, 3.8) is 0 Å². The van der Waals surface area contributed by atoms with Gasteiger partial charge >= 0.3 is 0 Å². The van der Waals surface area contributed by atoms with Crippen LogP contribution in [-0.4, -0.2) is 12.7 Å². The smallest absolute Gasteiger partial charge is 0.0762 e. The van der Waals surface area contributed by atoms with Gasteiger partial charge in [0.05, 0.1) is 10.9 Å². The summed E-state index contributed by atoms with van der Waals surface area (Å²) >= 11 is 9.01. The molecular weight excluding hydrogens is 316 g/mol. The zero-order chi connectivity index (χ0) is 9.26. The molecule has 0 spiro atoms. The molecule has 13 heavy (non-hydrogen) atoms. The monoisotopic (exact) mass is 324 g/mol. The van der Waals surface area contributed by atoms with E-state index in [1.807, 2.05) is 0 Å². The number of halogens is 2.